The van der Waals surface area contributed by atoms with Crippen molar-refractivity contribution in [2.75, 3.05) is 7.05 Å². The van der Waals surface area contributed by atoms with Gasteiger partial charge in [0.1, 0.15) is 17.6 Å². The van der Waals surface area contributed by atoms with Gasteiger partial charge in [0.05, 0.1) is 39.8 Å². The Bertz CT molecular complexity index is 1760. The van der Waals surface area contributed by atoms with Crippen molar-refractivity contribution in [1.82, 2.24) is 30.8 Å². The summed E-state index contributed by atoms with van der Waals surface area (Å²) in [5, 5.41) is 12.3. The predicted molar refractivity (Wildman–Crippen MR) is 226 cm³/mol. The summed E-state index contributed by atoms with van der Waals surface area (Å²) in [7, 11) is 2.95. The lowest BCUT2D eigenvalue weighted by molar-refractivity contribution is -0.125. The largest absolute Gasteiger partial charge is 0.444 e. The van der Waals surface area contributed by atoms with E-state index in [1.807, 2.05) is 93.7 Å². The number of nitrogens with one attached hydrogen (secondary N) is 3. The first-order valence-corrected chi connectivity index (χ1v) is 22.0. The number of nitrogens with zero attached hydrogens (tertiary/aromatic N) is 3. The molecule has 11 nitrogen and oxygen atoms in total. The molecule has 0 radical (unpaired) electrons. The molecule has 298 valence electrons. The van der Waals surface area contributed by atoms with E-state index < -0.39 is 35.3 Å². The molecular formula is C40H54N6O5S4. The van der Waals surface area contributed by atoms with Gasteiger partial charge in [-0.3, -0.25) is 9.78 Å². The van der Waals surface area contributed by atoms with Crippen LogP contribution in [-0.4, -0.2) is 69.1 Å². The number of aromatic nitrogens is 2. The molecule has 55 heavy (non-hydrogen) atoms. The van der Waals surface area contributed by atoms with Gasteiger partial charge in [-0.05, 0) is 50.2 Å². The molecule has 15 heteroatoms. The Kier molecular flexibility index (Phi) is 17.3. The molecule has 2 aromatic carbocycles. The third-order valence-electron chi connectivity index (χ3n) is 8.76. The fraction of sp³-hybridized carbons (Fsp3) is 0.475. The fourth-order valence-electron chi connectivity index (χ4n) is 5.88. The third kappa shape index (κ3) is 14.8. The minimum Gasteiger partial charge on any atom is -0.444 e. The molecule has 0 aliphatic rings. The first-order valence-electron chi connectivity index (χ1n) is 18.4. The van der Waals surface area contributed by atoms with Crippen LogP contribution < -0.4 is 16.0 Å². The molecule has 0 saturated heterocycles. The second kappa shape index (κ2) is 21.6. The van der Waals surface area contributed by atoms with Gasteiger partial charge >= 0.3 is 12.1 Å². The Balaban J connectivity index is 1.59. The van der Waals surface area contributed by atoms with E-state index in [0.717, 1.165) is 26.7 Å². The van der Waals surface area contributed by atoms with Gasteiger partial charge in [-0.15, -0.1) is 34.3 Å². The highest BCUT2D eigenvalue weighted by molar-refractivity contribution is 8.69. The van der Waals surface area contributed by atoms with Crippen LogP contribution in [0.15, 0.2) is 77.8 Å². The number of hydrogen-bond donors (Lipinski definition) is 4. The van der Waals surface area contributed by atoms with Gasteiger partial charge in [0, 0.05) is 30.6 Å². The Hall–Kier alpha value is -3.63. The molecule has 4 aromatic rings. The third-order valence-corrected chi connectivity index (χ3v) is 12.6. The molecule has 4 rings (SSSR count). The summed E-state index contributed by atoms with van der Waals surface area (Å²) in [6.07, 6.45) is 1.72. The minimum atomic E-state index is -0.821. The topological polar surface area (TPSA) is 135 Å². The van der Waals surface area contributed by atoms with E-state index in [9.17, 15) is 14.4 Å². The molecule has 0 fully saturated rings. The Labute approximate surface area is 342 Å². The molecule has 4 atom stereocenters. The van der Waals surface area contributed by atoms with Crippen molar-refractivity contribution in [3.63, 3.8) is 0 Å². The van der Waals surface area contributed by atoms with Crippen molar-refractivity contribution in [2.24, 2.45) is 5.92 Å². The maximum atomic E-state index is 14.2. The van der Waals surface area contributed by atoms with E-state index in [2.05, 4.69) is 51.4 Å². The molecule has 0 saturated carbocycles. The van der Waals surface area contributed by atoms with Gasteiger partial charge < -0.3 is 30.3 Å². The SMILES string of the molecule is CC(C)c1nc(CN(C)C(=O)N[C@H](C(=O)N[C@@H](Cc2ccccc2)C[C@H](OC(C)(C)SS)[C@H](Cc2ccccc2)NC(=O)OCc2cncs2)C(C)C)cs1. The Morgan fingerprint density at radius 3 is 2.15 bits per heavy atom. The van der Waals surface area contributed by atoms with Gasteiger partial charge in [-0.2, -0.15) is 0 Å². The molecule has 0 unspecified atom stereocenters. The Morgan fingerprint density at radius 2 is 1.58 bits per heavy atom. The molecule has 4 amide bonds. The highest BCUT2D eigenvalue weighted by Gasteiger charge is 2.35. The van der Waals surface area contributed by atoms with Crippen LogP contribution >= 0.6 is 45.1 Å². The summed E-state index contributed by atoms with van der Waals surface area (Å²) >= 11 is 7.49. The zero-order valence-corrected chi connectivity index (χ0v) is 35.9. The number of benzene rings is 2. The lowest BCUT2D eigenvalue weighted by atomic mass is 9.92. The van der Waals surface area contributed by atoms with Gasteiger partial charge in [0.2, 0.25) is 5.91 Å². The van der Waals surface area contributed by atoms with Gasteiger partial charge in [0.15, 0.2) is 0 Å². The van der Waals surface area contributed by atoms with Gasteiger partial charge in [-0.1, -0.05) is 99.2 Å². The van der Waals surface area contributed by atoms with Crippen molar-refractivity contribution < 1.29 is 23.9 Å². The minimum absolute atomic E-state index is 0.0883. The average molecular weight is 827 g/mol. The zero-order valence-electron chi connectivity index (χ0n) is 32.6. The second-order valence-electron chi connectivity index (χ2n) is 14.6. The predicted octanol–water partition coefficient (Wildman–Crippen LogP) is 8.24. The number of rotatable bonds is 20. The zero-order chi connectivity index (χ0) is 40.0. The van der Waals surface area contributed by atoms with Crippen molar-refractivity contribution in [3.8, 4) is 0 Å². The van der Waals surface area contributed by atoms with Gasteiger partial charge in [0.25, 0.3) is 0 Å². The average Bonchev–Trinajstić information content (AvgIpc) is 3.86. The molecular weight excluding hydrogens is 773 g/mol. The summed E-state index contributed by atoms with van der Waals surface area (Å²) < 4.78 is 12.4. The monoisotopic (exact) mass is 826 g/mol. The number of urea groups is 1. The van der Waals surface area contributed by atoms with Crippen LogP contribution in [0.25, 0.3) is 0 Å². The standard InChI is InChI=1S/C40H54N6O5S4/c1-26(2)35(45-38(48)46(7)22-31-24-53-37(43-31)27(3)4)36(47)42-30(18-28-14-10-8-11-15-28)20-34(51-40(5,6)55-52)33(19-29-16-12-9-13-17-29)44-39(49)50-23-32-21-41-25-54-32/h8-17,21,24-27,30,33-35,52H,18-20,22-23H2,1-7H3,(H,42,47)(H,44,49)(H,45,48)/t30-,33-,34-,35-/m0/s1. The first-order chi connectivity index (χ1) is 26.2. The number of carbonyl (C=O) groups is 3. The van der Waals surface area contributed by atoms with E-state index in [4.69, 9.17) is 9.47 Å². The van der Waals surface area contributed by atoms with Crippen LogP contribution in [0.2, 0.25) is 0 Å². The van der Waals surface area contributed by atoms with Crippen molar-refractivity contribution in [1.29, 1.82) is 0 Å². The van der Waals surface area contributed by atoms with Crippen LogP contribution in [0, 0.1) is 5.92 Å². The van der Waals surface area contributed by atoms with E-state index in [1.54, 1.807) is 30.1 Å². The number of amides is 4. The molecule has 0 aliphatic carbocycles. The highest BCUT2D eigenvalue weighted by atomic mass is 33.1. The summed E-state index contributed by atoms with van der Waals surface area (Å²) in [6, 6.07) is 17.5. The van der Waals surface area contributed by atoms with Crippen molar-refractivity contribution in [2.45, 2.75) is 109 Å². The maximum Gasteiger partial charge on any atom is 0.407 e. The Morgan fingerprint density at radius 1 is 0.927 bits per heavy atom. The number of carbonyl (C=O) groups excluding carboxylic acids is 3. The number of thiazole rings is 2. The van der Waals surface area contributed by atoms with Crippen LogP contribution in [0.5, 0.6) is 0 Å². The van der Waals surface area contributed by atoms with Crippen molar-refractivity contribution in [3.05, 3.63) is 104 Å². The lowest BCUT2D eigenvalue weighted by Gasteiger charge is -2.37. The number of thiol groups is 1. The van der Waals surface area contributed by atoms with Crippen molar-refractivity contribution >= 4 is 63.2 Å². The quantitative estimate of drug-likeness (QED) is 0.0398. The number of alkyl carbamates (subject to hydrolysis) is 1. The van der Waals surface area contributed by atoms with E-state index in [0.29, 0.717) is 31.7 Å². The molecule has 3 N–H and O–H groups in total. The van der Waals surface area contributed by atoms with Crippen LogP contribution in [-0.2, 0) is 40.3 Å². The lowest BCUT2D eigenvalue weighted by Crippen LogP contribution is -2.56. The maximum absolute atomic E-state index is 14.2. The normalized spacial score (nSPS) is 13.9. The number of hydrogen-bond acceptors (Lipinski definition) is 11. The summed E-state index contributed by atoms with van der Waals surface area (Å²) in [5.74, 6) is -0.226. The molecule has 0 bridgehead atoms. The first kappa shape index (κ1) is 44.1. The molecule has 2 aromatic heterocycles. The van der Waals surface area contributed by atoms with Crippen LogP contribution in [0.3, 0.4) is 0 Å². The summed E-state index contributed by atoms with van der Waals surface area (Å²) in [6.45, 7) is 12.2. The molecule has 0 spiro atoms. The van der Waals surface area contributed by atoms with E-state index >= 15 is 0 Å². The second-order valence-corrected chi connectivity index (χ2v) is 18.2. The smallest absolute Gasteiger partial charge is 0.407 e. The summed E-state index contributed by atoms with van der Waals surface area (Å²) in [4.78, 5) is 51.4. The number of ether oxygens (including phenoxy) is 2. The van der Waals surface area contributed by atoms with Crippen LogP contribution in [0.4, 0.5) is 9.59 Å². The van der Waals surface area contributed by atoms with Gasteiger partial charge in [-0.25, -0.2) is 14.6 Å². The van der Waals surface area contributed by atoms with E-state index in [-0.39, 0.29) is 24.5 Å². The molecule has 2 heterocycles. The van der Waals surface area contributed by atoms with E-state index in [1.165, 1.54) is 27.0 Å². The molecule has 0 aliphatic heterocycles. The summed E-state index contributed by atoms with van der Waals surface area (Å²) in [5.41, 5.74) is 4.50. The fourth-order valence-corrected chi connectivity index (χ4v) is 7.51. The highest BCUT2D eigenvalue weighted by Crippen LogP contribution is 2.33. The van der Waals surface area contributed by atoms with Crippen LogP contribution in [0.1, 0.15) is 80.6 Å².